The number of nitrogens with two attached hydrogens (primary N) is 2. The van der Waals surface area contributed by atoms with Crippen LogP contribution in [0.2, 0.25) is 0 Å². The zero-order valence-corrected chi connectivity index (χ0v) is 12.5. The Morgan fingerprint density at radius 2 is 1.95 bits per heavy atom. The van der Waals surface area contributed by atoms with Crippen LogP contribution in [0.3, 0.4) is 0 Å². The van der Waals surface area contributed by atoms with Crippen LogP contribution in [0.25, 0.3) is 0 Å². The lowest BCUT2D eigenvalue weighted by atomic mass is 9.92. The Morgan fingerprint density at radius 1 is 1.33 bits per heavy atom. The van der Waals surface area contributed by atoms with Crippen molar-refractivity contribution in [2.45, 2.75) is 24.1 Å². The van der Waals surface area contributed by atoms with E-state index >= 15 is 0 Å². The van der Waals surface area contributed by atoms with E-state index in [0.29, 0.717) is 0 Å². The molecule has 21 heavy (non-hydrogen) atoms. The highest BCUT2D eigenvalue weighted by molar-refractivity contribution is 7.93. The minimum absolute atomic E-state index is 0.190. The highest BCUT2D eigenvalue weighted by Gasteiger charge is 2.51. The van der Waals surface area contributed by atoms with E-state index < -0.39 is 38.4 Å². The monoisotopic (exact) mass is 317 g/mol. The van der Waals surface area contributed by atoms with Crippen molar-refractivity contribution < 1.29 is 17.2 Å². The molecule has 1 heterocycles. The van der Waals surface area contributed by atoms with Crippen LogP contribution in [0.15, 0.2) is 23.2 Å². The number of hydrogen-bond donors (Lipinski definition) is 2. The van der Waals surface area contributed by atoms with Crippen molar-refractivity contribution >= 4 is 21.4 Å². The summed E-state index contributed by atoms with van der Waals surface area (Å²) in [5.41, 5.74) is 9.40. The van der Waals surface area contributed by atoms with Gasteiger partial charge >= 0.3 is 0 Å². The lowest BCUT2D eigenvalue weighted by molar-refractivity contribution is 0.324. The van der Waals surface area contributed by atoms with Gasteiger partial charge in [0.05, 0.1) is 5.75 Å². The third kappa shape index (κ3) is 2.27. The van der Waals surface area contributed by atoms with Crippen molar-refractivity contribution in [3.05, 3.63) is 29.6 Å². The number of rotatable bonds is 2. The summed E-state index contributed by atoms with van der Waals surface area (Å²) in [6.45, 7) is 1.58. The second-order valence-corrected chi connectivity index (χ2v) is 8.21. The smallest absolute Gasteiger partial charge is 0.165 e. The standard InChI is InChI=1S/C13H17F2N3O2S/c1-12(2)11(17)18-13(6-14,7-21(12,19)20)9-5-8(16)3-4-10(9)15/h3-5H,6-7,16H2,1-2H3,(H2,17,18). The van der Waals surface area contributed by atoms with Gasteiger partial charge in [0, 0.05) is 11.3 Å². The van der Waals surface area contributed by atoms with Gasteiger partial charge in [0.1, 0.15) is 28.6 Å². The maximum absolute atomic E-state index is 14.0. The summed E-state index contributed by atoms with van der Waals surface area (Å²) in [5, 5.41) is 0. The Labute approximate surface area is 122 Å². The van der Waals surface area contributed by atoms with E-state index in [1.165, 1.54) is 26.0 Å². The fourth-order valence-corrected chi connectivity index (χ4v) is 3.88. The molecule has 1 aliphatic rings. The molecule has 0 saturated heterocycles. The van der Waals surface area contributed by atoms with Gasteiger partial charge in [0.25, 0.3) is 0 Å². The molecule has 1 atom stereocenters. The van der Waals surface area contributed by atoms with Crippen LogP contribution < -0.4 is 11.5 Å². The molecule has 0 bridgehead atoms. The third-order valence-corrected chi connectivity index (χ3v) is 6.49. The van der Waals surface area contributed by atoms with Crippen LogP contribution in [0, 0.1) is 5.82 Å². The van der Waals surface area contributed by atoms with Gasteiger partial charge in [-0.25, -0.2) is 17.2 Å². The zero-order valence-electron chi connectivity index (χ0n) is 11.7. The number of hydrogen-bond acceptors (Lipinski definition) is 5. The zero-order chi connectivity index (χ0) is 16.1. The van der Waals surface area contributed by atoms with Crippen LogP contribution in [0.4, 0.5) is 14.5 Å². The molecule has 0 aliphatic carbocycles. The van der Waals surface area contributed by atoms with E-state index in [2.05, 4.69) is 4.99 Å². The maximum atomic E-state index is 14.0. The molecule has 0 saturated carbocycles. The molecule has 1 aliphatic heterocycles. The molecule has 8 heteroatoms. The minimum atomic E-state index is -3.81. The van der Waals surface area contributed by atoms with Crippen molar-refractivity contribution in [2.75, 3.05) is 18.2 Å². The van der Waals surface area contributed by atoms with E-state index in [1.807, 2.05) is 0 Å². The van der Waals surface area contributed by atoms with Crippen LogP contribution in [-0.4, -0.2) is 31.4 Å². The Kier molecular flexibility index (Phi) is 3.48. The van der Waals surface area contributed by atoms with Gasteiger partial charge in [-0.3, -0.25) is 4.99 Å². The van der Waals surface area contributed by atoms with Crippen molar-refractivity contribution in [1.29, 1.82) is 0 Å². The molecule has 0 spiro atoms. The van der Waals surface area contributed by atoms with E-state index in [-0.39, 0.29) is 17.1 Å². The van der Waals surface area contributed by atoms with Gasteiger partial charge in [-0.15, -0.1) is 0 Å². The lowest BCUT2D eigenvalue weighted by Crippen LogP contribution is -2.56. The Balaban J connectivity index is 2.75. The van der Waals surface area contributed by atoms with Crippen LogP contribution in [0.1, 0.15) is 19.4 Å². The topological polar surface area (TPSA) is 98.5 Å². The van der Waals surface area contributed by atoms with E-state index in [1.54, 1.807) is 0 Å². The normalized spacial score (nSPS) is 27.1. The first-order valence-electron chi connectivity index (χ1n) is 6.25. The molecule has 2 rings (SSSR count). The number of alkyl halides is 1. The molecular weight excluding hydrogens is 300 g/mol. The summed E-state index contributed by atoms with van der Waals surface area (Å²) < 4.78 is 51.0. The highest BCUT2D eigenvalue weighted by Crippen LogP contribution is 2.39. The first kappa shape index (κ1) is 15.7. The first-order valence-corrected chi connectivity index (χ1v) is 7.90. The molecule has 0 fully saturated rings. The van der Waals surface area contributed by atoms with Gasteiger partial charge in [-0.2, -0.15) is 0 Å². The Bertz CT molecular complexity index is 716. The number of sulfone groups is 1. The molecule has 0 amide bonds. The second kappa shape index (κ2) is 4.66. The van der Waals surface area contributed by atoms with Crippen molar-refractivity contribution in [2.24, 2.45) is 10.7 Å². The fraction of sp³-hybridized carbons (Fsp3) is 0.462. The average molecular weight is 317 g/mol. The summed E-state index contributed by atoms with van der Waals surface area (Å²) >= 11 is 0. The van der Waals surface area contributed by atoms with Crippen LogP contribution >= 0.6 is 0 Å². The fourth-order valence-electron chi connectivity index (χ4n) is 2.23. The second-order valence-electron chi connectivity index (χ2n) is 5.67. The number of benzene rings is 1. The Hall–Kier alpha value is -1.70. The lowest BCUT2D eigenvalue weighted by Gasteiger charge is -2.38. The van der Waals surface area contributed by atoms with Gasteiger partial charge in [0.15, 0.2) is 9.84 Å². The number of amidine groups is 1. The van der Waals surface area contributed by atoms with Crippen molar-refractivity contribution in [3.63, 3.8) is 0 Å². The predicted molar refractivity (Wildman–Crippen MR) is 78.0 cm³/mol. The van der Waals surface area contributed by atoms with Gasteiger partial charge < -0.3 is 11.5 Å². The molecule has 1 unspecified atom stereocenters. The van der Waals surface area contributed by atoms with Gasteiger partial charge in [-0.05, 0) is 32.0 Å². The Morgan fingerprint density at radius 3 is 2.48 bits per heavy atom. The molecule has 0 radical (unpaired) electrons. The third-order valence-electron chi connectivity index (χ3n) is 3.87. The quantitative estimate of drug-likeness (QED) is 0.799. The molecular formula is C13H17F2N3O2S. The van der Waals surface area contributed by atoms with Crippen molar-refractivity contribution in [3.8, 4) is 0 Å². The molecule has 1 aromatic carbocycles. The van der Waals surface area contributed by atoms with Gasteiger partial charge in [-0.1, -0.05) is 0 Å². The molecule has 1 aromatic rings. The first-order chi connectivity index (χ1) is 9.56. The van der Waals surface area contributed by atoms with E-state index in [9.17, 15) is 17.2 Å². The van der Waals surface area contributed by atoms with E-state index in [4.69, 9.17) is 11.5 Å². The summed E-state index contributed by atoms with van der Waals surface area (Å²) in [4.78, 5) is 4.00. The predicted octanol–water partition coefficient (Wildman–Crippen LogP) is 1.14. The summed E-state index contributed by atoms with van der Waals surface area (Å²) in [5.74, 6) is -1.67. The van der Waals surface area contributed by atoms with E-state index in [0.717, 1.165) is 6.07 Å². The highest BCUT2D eigenvalue weighted by atomic mass is 32.2. The molecule has 4 N–H and O–H groups in total. The minimum Gasteiger partial charge on any atom is -0.399 e. The number of nitrogen functional groups attached to an aromatic ring is 1. The summed E-state index contributed by atoms with van der Waals surface area (Å²) in [6, 6.07) is 3.55. The summed E-state index contributed by atoms with van der Waals surface area (Å²) in [7, 11) is -3.81. The largest absolute Gasteiger partial charge is 0.399 e. The summed E-state index contributed by atoms with van der Waals surface area (Å²) in [6.07, 6.45) is 0. The maximum Gasteiger partial charge on any atom is 0.165 e. The van der Waals surface area contributed by atoms with Crippen LogP contribution in [-0.2, 0) is 15.4 Å². The number of aliphatic imine (C=N–C) groups is 1. The van der Waals surface area contributed by atoms with Crippen molar-refractivity contribution in [1.82, 2.24) is 0 Å². The molecule has 116 valence electrons. The SMILES string of the molecule is CC1(C)C(N)=NC(CF)(c2cc(N)ccc2F)CS1(=O)=O. The number of anilines is 1. The van der Waals surface area contributed by atoms with Crippen LogP contribution in [0.5, 0.6) is 0 Å². The molecule has 5 nitrogen and oxygen atoms in total. The number of nitrogens with zero attached hydrogens (tertiary/aromatic N) is 1. The number of halogens is 2. The van der Waals surface area contributed by atoms with Gasteiger partial charge in [0.2, 0.25) is 0 Å². The molecule has 0 aromatic heterocycles. The average Bonchev–Trinajstić information content (AvgIpc) is 2.38.